The van der Waals surface area contributed by atoms with Crippen LogP contribution in [0.4, 0.5) is 5.95 Å². The number of rotatable bonds is 4. The Labute approximate surface area is 108 Å². The first kappa shape index (κ1) is 13.3. The van der Waals surface area contributed by atoms with Crippen molar-refractivity contribution in [2.24, 2.45) is 7.05 Å². The fourth-order valence-corrected chi connectivity index (χ4v) is 2.00. The Hall–Kier alpha value is -2.09. The Kier molecular flexibility index (Phi) is 3.43. The lowest BCUT2D eigenvalue weighted by Crippen LogP contribution is -2.29. The molecule has 0 atom stereocenters. The summed E-state index contributed by atoms with van der Waals surface area (Å²) in [5.74, 6) is 0.464. The van der Waals surface area contributed by atoms with Crippen LogP contribution in [0.2, 0.25) is 0 Å². The molecule has 0 fully saturated rings. The van der Waals surface area contributed by atoms with E-state index in [1.54, 1.807) is 11.6 Å². The van der Waals surface area contributed by atoms with Crippen LogP contribution in [0.3, 0.4) is 0 Å². The fourth-order valence-electron chi connectivity index (χ4n) is 2.00. The van der Waals surface area contributed by atoms with E-state index < -0.39 is 11.2 Å². The number of nitrogens with one attached hydrogen (secondary N) is 2. The molecule has 2 heterocycles. The van der Waals surface area contributed by atoms with Gasteiger partial charge >= 0.3 is 5.69 Å². The number of fused-ring (bicyclic) bond motifs is 1. The monoisotopic (exact) mass is 267 g/mol. The Bertz CT molecular complexity index is 709. The summed E-state index contributed by atoms with van der Waals surface area (Å²) in [6.07, 6.45) is 0. The van der Waals surface area contributed by atoms with Crippen molar-refractivity contribution in [2.75, 3.05) is 18.5 Å². The summed E-state index contributed by atoms with van der Waals surface area (Å²) in [4.78, 5) is 30.0. The normalized spacial score (nSPS) is 11.4. The van der Waals surface area contributed by atoms with Crippen LogP contribution in [-0.4, -0.2) is 37.4 Å². The summed E-state index contributed by atoms with van der Waals surface area (Å²) < 4.78 is 3.00. The predicted octanol–water partition coefficient (Wildman–Crippen LogP) is -0.592. The van der Waals surface area contributed by atoms with Crippen LogP contribution < -0.4 is 16.6 Å². The number of aryl methyl sites for hydroxylation is 1. The van der Waals surface area contributed by atoms with Gasteiger partial charge in [0.15, 0.2) is 11.2 Å². The highest BCUT2D eigenvalue weighted by Gasteiger charge is 2.18. The highest BCUT2D eigenvalue weighted by Crippen LogP contribution is 2.20. The van der Waals surface area contributed by atoms with Crippen molar-refractivity contribution in [3.8, 4) is 0 Å². The van der Waals surface area contributed by atoms with Crippen molar-refractivity contribution in [3.63, 3.8) is 0 Å². The van der Waals surface area contributed by atoms with E-state index in [2.05, 4.69) is 15.3 Å². The first-order chi connectivity index (χ1) is 8.97. The molecule has 2 aromatic rings. The molecule has 8 heteroatoms. The van der Waals surface area contributed by atoms with Gasteiger partial charge in [0.2, 0.25) is 5.95 Å². The predicted molar refractivity (Wildman–Crippen MR) is 71.6 cm³/mol. The molecule has 0 bridgehead atoms. The molecule has 104 valence electrons. The lowest BCUT2D eigenvalue weighted by Gasteiger charge is -2.12. The summed E-state index contributed by atoms with van der Waals surface area (Å²) in [5, 5.41) is 11.8. The van der Waals surface area contributed by atoms with E-state index in [0.717, 1.165) is 0 Å². The molecule has 0 aromatic carbocycles. The number of H-pyrrole nitrogens is 1. The molecule has 19 heavy (non-hydrogen) atoms. The number of aromatic nitrogens is 4. The van der Waals surface area contributed by atoms with Crippen molar-refractivity contribution in [2.45, 2.75) is 19.9 Å². The Morgan fingerprint density at radius 2 is 2.11 bits per heavy atom. The van der Waals surface area contributed by atoms with Crippen molar-refractivity contribution in [1.29, 1.82) is 0 Å². The number of nitrogens with zero attached hydrogens (tertiary/aromatic N) is 3. The molecule has 0 aliphatic heterocycles. The molecule has 2 rings (SSSR count). The van der Waals surface area contributed by atoms with E-state index in [4.69, 9.17) is 5.11 Å². The zero-order chi connectivity index (χ0) is 14.2. The maximum absolute atomic E-state index is 12.0. The van der Waals surface area contributed by atoms with Crippen molar-refractivity contribution < 1.29 is 5.11 Å². The molecule has 8 nitrogen and oxygen atoms in total. The summed E-state index contributed by atoms with van der Waals surface area (Å²) >= 11 is 0. The van der Waals surface area contributed by atoms with E-state index in [0.29, 0.717) is 23.7 Å². The van der Waals surface area contributed by atoms with Crippen molar-refractivity contribution in [3.05, 3.63) is 20.8 Å². The topological polar surface area (TPSA) is 105 Å². The number of aromatic amines is 1. The zero-order valence-corrected chi connectivity index (χ0v) is 11.1. The molecule has 2 aromatic heterocycles. The third-order valence-electron chi connectivity index (χ3n) is 2.86. The number of hydrogen-bond acceptors (Lipinski definition) is 5. The molecule has 0 saturated carbocycles. The minimum Gasteiger partial charge on any atom is -0.395 e. The number of aliphatic hydroxyl groups is 1. The molecule has 0 saturated heterocycles. The fraction of sp³-hybridized carbons (Fsp3) is 0.545. The van der Waals surface area contributed by atoms with E-state index in [9.17, 15) is 9.59 Å². The van der Waals surface area contributed by atoms with E-state index >= 15 is 0 Å². The van der Waals surface area contributed by atoms with Gasteiger partial charge in [0.25, 0.3) is 5.56 Å². The third-order valence-corrected chi connectivity index (χ3v) is 2.86. The molecule has 0 aliphatic rings. The highest BCUT2D eigenvalue weighted by molar-refractivity contribution is 5.74. The van der Waals surface area contributed by atoms with Crippen LogP contribution in [0.1, 0.15) is 19.9 Å². The van der Waals surface area contributed by atoms with Crippen molar-refractivity contribution in [1.82, 2.24) is 19.1 Å². The SMILES string of the molecule is CC(C)n1c(NCCO)nc2c1c(=O)[nH]c(=O)n2C. The standard InChI is InChI=1S/C11H17N5O3/c1-6(2)16-7-8(13-10(16)12-4-5-17)15(3)11(19)14-9(7)18/h6,17H,4-5H2,1-3H3,(H,12,13)(H,14,18,19). The molecule has 3 N–H and O–H groups in total. The number of anilines is 1. The highest BCUT2D eigenvalue weighted by atomic mass is 16.3. The van der Waals surface area contributed by atoms with Gasteiger partial charge in [0.1, 0.15) is 0 Å². The lowest BCUT2D eigenvalue weighted by atomic mass is 10.3. The second-order valence-electron chi connectivity index (χ2n) is 4.54. The lowest BCUT2D eigenvalue weighted by molar-refractivity contribution is 0.310. The first-order valence-corrected chi connectivity index (χ1v) is 6.03. The molecule has 0 radical (unpaired) electrons. The van der Waals surface area contributed by atoms with Gasteiger partial charge in [-0.1, -0.05) is 0 Å². The zero-order valence-electron chi connectivity index (χ0n) is 11.1. The summed E-state index contributed by atoms with van der Waals surface area (Å²) in [5.41, 5.74) is -0.295. The van der Waals surface area contributed by atoms with Crippen LogP contribution in [0.25, 0.3) is 11.2 Å². The summed E-state index contributed by atoms with van der Waals surface area (Å²) in [7, 11) is 1.55. The summed E-state index contributed by atoms with van der Waals surface area (Å²) in [6, 6.07) is -0.00945. The van der Waals surface area contributed by atoms with Crippen LogP contribution in [-0.2, 0) is 7.05 Å². The van der Waals surface area contributed by atoms with Crippen molar-refractivity contribution >= 4 is 17.1 Å². The Balaban J connectivity index is 2.81. The van der Waals surface area contributed by atoms with Crippen LogP contribution in [0, 0.1) is 0 Å². The average Bonchev–Trinajstić information content (AvgIpc) is 2.73. The second kappa shape index (κ2) is 4.88. The van der Waals surface area contributed by atoms with Crippen LogP contribution in [0.15, 0.2) is 9.59 Å². The number of imidazole rings is 1. The van der Waals surface area contributed by atoms with Gasteiger partial charge in [-0.3, -0.25) is 14.3 Å². The number of aliphatic hydroxyl groups excluding tert-OH is 1. The molecule has 0 spiro atoms. The van der Waals surface area contributed by atoms with E-state index in [-0.39, 0.29) is 12.6 Å². The number of hydrogen-bond donors (Lipinski definition) is 3. The van der Waals surface area contributed by atoms with Gasteiger partial charge in [0, 0.05) is 19.6 Å². The van der Waals surface area contributed by atoms with E-state index in [1.807, 2.05) is 13.8 Å². The first-order valence-electron chi connectivity index (χ1n) is 6.03. The van der Waals surface area contributed by atoms with Gasteiger partial charge in [0.05, 0.1) is 6.61 Å². The minimum absolute atomic E-state index is 0.00945. The summed E-state index contributed by atoms with van der Waals surface area (Å²) in [6.45, 7) is 4.10. The molecule has 0 unspecified atom stereocenters. The molecular weight excluding hydrogens is 250 g/mol. The third kappa shape index (κ3) is 2.14. The quantitative estimate of drug-likeness (QED) is 0.686. The average molecular weight is 267 g/mol. The van der Waals surface area contributed by atoms with Gasteiger partial charge in [-0.15, -0.1) is 0 Å². The van der Waals surface area contributed by atoms with Gasteiger partial charge < -0.3 is 15.0 Å². The molecule has 0 amide bonds. The maximum atomic E-state index is 12.0. The Morgan fingerprint density at radius 3 is 2.68 bits per heavy atom. The van der Waals surface area contributed by atoms with Gasteiger partial charge in [-0.2, -0.15) is 4.98 Å². The molecule has 0 aliphatic carbocycles. The minimum atomic E-state index is -0.500. The van der Waals surface area contributed by atoms with Gasteiger partial charge in [-0.05, 0) is 13.8 Å². The second-order valence-corrected chi connectivity index (χ2v) is 4.54. The molecular formula is C11H17N5O3. The van der Waals surface area contributed by atoms with Gasteiger partial charge in [-0.25, -0.2) is 4.79 Å². The van der Waals surface area contributed by atoms with Crippen LogP contribution in [0.5, 0.6) is 0 Å². The van der Waals surface area contributed by atoms with E-state index in [1.165, 1.54) is 4.57 Å². The largest absolute Gasteiger partial charge is 0.395 e. The smallest absolute Gasteiger partial charge is 0.329 e. The maximum Gasteiger partial charge on any atom is 0.329 e. The van der Waals surface area contributed by atoms with Crippen LogP contribution >= 0.6 is 0 Å². The Morgan fingerprint density at radius 1 is 1.42 bits per heavy atom.